The SMILES string of the molecule is [B].c1ccc(C[C@H]2CCC[P@@]2c2ccccc2)cc1. The van der Waals surface area contributed by atoms with E-state index in [0.717, 1.165) is 5.66 Å². The molecule has 0 aromatic heterocycles. The van der Waals surface area contributed by atoms with Crippen LogP contribution in [0.2, 0.25) is 0 Å². The molecule has 1 aliphatic heterocycles. The Hall–Kier alpha value is -1.07. The molecule has 1 heterocycles. The first-order chi connectivity index (χ1) is 8.93. The number of hydrogen-bond acceptors (Lipinski definition) is 0. The summed E-state index contributed by atoms with van der Waals surface area (Å²) in [6.07, 6.45) is 5.52. The van der Waals surface area contributed by atoms with Crippen molar-refractivity contribution in [3.63, 3.8) is 0 Å². The molecule has 1 aliphatic rings. The second kappa shape index (κ2) is 6.92. The zero-order chi connectivity index (χ0) is 12.2. The molecular weight excluding hydrogens is 246 g/mol. The van der Waals surface area contributed by atoms with Gasteiger partial charge in [-0.1, -0.05) is 68.6 Å². The third kappa shape index (κ3) is 3.48. The molecule has 0 aliphatic carbocycles. The molecule has 3 rings (SSSR count). The fourth-order valence-electron chi connectivity index (χ4n) is 2.89. The van der Waals surface area contributed by atoms with Crippen molar-refractivity contribution in [2.75, 3.05) is 6.16 Å². The van der Waals surface area contributed by atoms with E-state index in [1.165, 1.54) is 31.0 Å². The monoisotopic (exact) mass is 265 g/mol. The van der Waals surface area contributed by atoms with E-state index in [2.05, 4.69) is 60.7 Å². The Morgan fingerprint density at radius 3 is 2.21 bits per heavy atom. The van der Waals surface area contributed by atoms with Gasteiger partial charge < -0.3 is 0 Å². The Balaban J connectivity index is 0.00000133. The second-order valence-electron chi connectivity index (χ2n) is 5.01. The van der Waals surface area contributed by atoms with Crippen LogP contribution in [0, 0.1) is 0 Å². The average molecular weight is 265 g/mol. The first-order valence-electron chi connectivity index (χ1n) is 6.79. The highest BCUT2D eigenvalue weighted by Crippen LogP contribution is 2.50. The van der Waals surface area contributed by atoms with Crippen LogP contribution in [0.5, 0.6) is 0 Å². The Morgan fingerprint density at radius 1 is 0.895 bits per heavy atom. The first kappa shape index (κ1) is 14.3. The molecule has 0 amide bonds. The summed E-state index contributed by atoms with van der Waals surface area (Å²) < 4.78 is 0. The van der Waals surface area contributed by atoms with E-state index in [1.54, 1.807) is 5.30 Å². The minimum atomic E-state index is 0. The lowest BCUT2D eigenvalue weighted by atomic mass is 10.1. The van der Waals surface area contributed by atoms with Gasteiger partial charge in [-0.25, -0.2) is 0 Å². The Kier molecular flexibility index (Phi) is 5.22. The van der Waals surface area contributed by atoms with Gasteiger partial charge in [-0.3, -0.25) is 0 Å². The molecule has 2 heteroatoms. The van der Waals surface area contributed by atoms with Gasteiger partial charge in [-0.05, 0) is 42.0 Å². The topological polar surface area (TPSA) is 0 Å². The second-order valence-corrected chi connectivity index (χ2v) is 7.65. The maximum Gasteiger partial charge on any atom is 0 e. The molecule has 0 bridgehead atoms. The van der Waals surface area contributed by atoms with Gasteiger partial charge in [0.05, 0.1) is 0 Å². The van der Waals surface area contributed by atoms with Crippen molar-refractivity contribution < 1.29 is 0 Å². The Labute approximate surface area is 119 Å². The molecule has 0 spiro atoms. The van der Waals surface area contributed by atoms with Crippen molar-refractivity contribution in [2.45, 2.75) is 24.9 Å². The van der Waals surface area contributed by atoms with E-state index < -0.39 is 0 Å². The van der Waals surface area contributed by atoms with E-state index in [9.17, 15) is 0 Å². The fraction of sp³-hybridized carbons (Fsp3) is 0.294. The minimum Gasteiger partial charge on any atom is -0.0718 e. The molecular formula is C17H19BP. The average Bonchev–Trinajstić information content (AvgIpc) is 2.89. The summed E-state index contributed by atoms with van der Waals surface area (Å²) in [4.78, 5) is 0. The smallest absolute Gasteiger partial charge is 0 e. The normalized spacial score (nSPS) is 21.9. The summed E-state index contributed by atoms with van der Waals surface area (Å²) in [5.41, 5.74) is 2.40. The Morgan fingerprint density at radius 2 is 1.53 bits per heavy atom. The maximum absolute atomic E-state index is 2.33. The largest absolute Gasteiger partial charge is 0.0718 e. The lowest BCUT2D eigenvalue weighted by Gasteiger charge is -2.20. The summed E-state index contributed by atoms with van der Waals surface area (Å²) in [7, 11) is 0.0727. The van der Waals surface area contributed by atoms with Crippen molar-refractivity contribution >= 4 is 21.6 Å². The van der Waals surface area contributed by atoms with Gasteiger partial charge in [0.1, 0.15) is 0 Å². The van der Waals surface area contributed by atoms with Gasteiger partial charge in [-0.2, -0.15) is 0 Å². The van der Waals surface area contributed by atoms with Crippen LogP contribution in [0.3, 0.4) is 0 Å². The van der Waals surface area contributed by atoms with E-state index in [4.69, 9.17) is 0 Å². The van der Waals surface area contributed by atoms with E-state index in [1.807, 2.05) is 0 Å². The molecule has 0 nitrogen and oxygen atoms in total. The van der Waals surface area contributed by atoms with Crippen LogP contribution < -0.4 is 5.30 Å². The predicted octanol–water partition coefficient (Wildman–Crippen LogP) is 3.82. The standard InChI is InChI=1S/C17H19P.B/c1-3-8-15(9-4-1)14-17-12-7-13-18(17)16-10-5-2-6-11-16;/h1-6,8-11,17H,7,12-14H2;/t17-,18+;/m1./s1. The first-order valence-corrected chi connectivity index (χ1v) is 8.39. The number of hydrogen-bond donors (Lipinski definition) is 0. The third-order valence-electron chi connectivity index (χ3n) is 3.78. The highest BCUT2D eigenvalue weighted by molar-refractivity contribution is 7.66. The van der Waals surface area contributed by atoms with Crippen LogP contribution >= 0.6 is 7.92 Å². The molecule has 0 saturated carbocycles. The van der Waals surface area contributed by atoms with Crippen molar-refractivity contribution in [3.05, 3.63) is 66.2 Å². The molecule has 1 fully saturated rings. The third-order valence-corrected chi connectivity index (χ3v) is 6.86. The molecule has 1 saturated heterocycles. The summed E-state index contributed by atoms with van der Waals surface area (Å²) in [6, 6.07) is 22.1. The number of benzene rings is 2. The molecule has 0 unspecified atom stereocenters. The quantitative estimate of drug-likeness (QED) is 0.584. The molecule has 0 N–H and O–H groups in total. The Bertz CT molecular complexity index is 483. The molecule has 3 radical (unpaired) electrons. The minimum absolute atomic E-state index is 0. The molecule has 2 aromatic carbocycles. The highest BCUT2D eigenvalue weighted by atomic mass is 31.1. The van der Waals surface area contributed by atoms with Crippen LogP contribution in [0.4, 0.5) is 0 Å². The summed E-state index contributed by atoms with van der Waals surface area (Å²) in [5.74, 6) is 0. The van der Waals surface area contributed by atoms with Gasteiger partial charge in [0.2, 0.25) is 0 Å². The summed E-state index contributed by atoms with van der Waals surface area (Å²) >= 11 is 0. The van der Waals surface area contributed by atoms with Crippen molar-refractivity contribution in [3.8, 4) is 0 Å². The van der Waals surface area contributed by atoms with Crippen molar-refractivity contribution in [1.82, 2.24) is 0 Å². The molecule has 19 heavy (non-hydrogen) atoms. The van der Waals surface area contributed by atoms with Gasteiger partial charge in [0.15, 0.2) is 0 Å². The zero-order valence-corrected chi connectivity index (χ0v) is 12.1. The molecule has 2 aromatic rings. The predicted molar refractivity (Wildman–Crippen MR) is 86.8 cm³/mol. The number of rotatable bonds is 3. The van der Waals surface area contributed by atoms with Crippen molar-refractivity contribution in [1.29, 1.82) is 0 Å². The van der Waals surface area contributed by atoms with Gasteiger partial charge in [0.25, 0.3) is 0 Å². The van der Waals surface area contributed by atoms with E-state index in [-0.39, 0.29) is 16.3 Å². The molecule has 2 atom stereocenters. The van der Waals surface area contributed by atoms with Crippen LogP contribution in [-0.2, 0) is 6.42 Å². The fourth-order valence-corrected chi connectivity index (χ4v) is 5.94. The zero-order valence-electron chi connectivity index (χ0n) is 11.2. The summed E-state index contributed by atoms with van der Waals surface area (Å²) in [5, 5.41) is 1.60. The van der Waals surface area contributed by atoms with Crippen molar-refractivity contribution in [2.24, 2.45) is 0 Å². The lowest BCUT2D eigenvalue weighted by Crippen LogP contribution is -2.12. The van der Waals surface area contributed by atoms with Gasteiger partial charge >= 0.3 is 0 Å². The lowest BCUT2D eigenvalue weighted by molar-refractivity contribution is 0.774. The highest BCUT2D eigenvalue weighted by Gasteiger charge is 2.27. The van der Waals surface area contributed by atoms with Gasteiger partial charge in [-0.15, -0.1) is 0 Å². The van der Waals surface area contributed by atoms with E-state index in [0.29, 0.717) is 0 Å². The van der Waals surface area contributed by atoms with Gasteiger partial charge in [0, 0.05) is 8.41 Å². The summed E-state index contributed by atoms with van der Waals surface area (Å²) in [6.45, 7) is 0. The van der Waals surface area contributed by atoms with E-state index >= 15 is 0 Å². The van der Waals surface area contributed by atoms with Crippen LogP contribution in [0.15, 0.2) is 60.7 Å². The molecule has 95 valence electrons. The van der Waals surface area contributed by atoms with Crippen LogP contribution in [0.25, 0.3) is 0 Å². The van der Waals surface area contributed by atoms with Crippen LogP contribution in [-0.4, -0.2) is 20.2 Å². The maximum atomic E-state index is 2.33. The van der Waals surface area contributed by atoms with Crippen LogP contribution in [0.1, 0.15) is 18.4 Å².